The van der Waals surface area contributed by atoms with Gasteiger partial charge < -0.3 is 5.32 Å². The highest BCUT2D eigenvalue weighted by molar-refractivity contribution is 7.12. The van der Waals surface area contributed by atoms with E-state index in [2.05, 4.69) is 49.5 Å². The molecule has 0 amide bonds. The van der Waals surface area contributed by atoms with E-state index in [1.165, 1.54) is 26.6 Å². The molecule has 0 aliphatic carbocycles. The molecule has 0 radical (unpaired) electrons. The molecule has 1 unspecified atom stereocenters. The van der Waals surface area contributed by atoms with Gasteiger partial charge in [-0.1, -0.05) is 24.6 Å². The topological polar surface area (TPSA) is 12.0 Å². The molecule has 0 saturated carbocycles. The van der Waals surface area contributed by atoms with Crippen molar-refractivity contribution in [2.24, 2.45) is 0 Å². The van der Waals surface area contributed by atoms with Crippen LogP contribution >= 0.6 is 11.3 Å². The Morgan fingerprint density at radius 2 is 2.18 bits per heavy atom. The molecule has 0 bridgehead atoms. The lowest BCUT2D eigenvalue weighted by Gasteiger charge is -2.08. The van der Waals surface area contributed by atoms with Crippen LogP contribution in [-0.2, 0) is 12.8 Å². The minimum absolute atomic E-state index is 0.483. The quantitative estimate of drug-likeness (QED) is 0.828. The van der Waals surface area contributed by atoms with Gasteiger partial charge in [-0.25, -0.2) is 0 Å². The maximum absolute atomic E-state index is 3.63. The molecule has 88 valence electrons. The Morgan fingerprint density at radius 3 is 2.94 bits per heavy atom. The van der Waals surface area contributed by atoms with Crippen LogP contribution in [0.5, 0.6) is 0 Å². The fraction of sp³-hybridized carbons (Fsp3) is 0.333. The van der Waals surface area contributed by atoms with Crippen LogP contribution in [0.1, 0.15) is 33.8 Å². The van der Waals surface area contributed by atoms with Gasteiger partial charge in [0.1, 0.15) is 0 Å². The van der Waals surface area contributed by atoms with Gasteiger partial charge >= 0.3 is 0 Å². The normalized spacial score (nSPS) is 17.9. The molecule has 17 heavy (non-hydrogen) atoms. The van der Waals surface area contributed by atoms with Gasteiger partial charge in [0, 0.05) is 15.4 Å². The highest BCUT2D eigenvalue weighted by Crippen LogP contribution is 2.37. The molecule has 2 aromatic rings. The molecule has 1 aromatic carbocycles. The lowest BCUT2D eigenvalue weighted by molar-refractivity contribution is 0.843. The zero-order chi connectivity index (χ0) is 11.8. The van der Waals surface area contributed by atoms with Crippen molar-refractivity contribution in [3.8, 4) is 0 Å². The average Bonchev–Trinajstić information content (AvgIpc) is 2.93. The Kier molecular flexibility index (Phi) is 2.67. The summed E-state index contributed by atoms with van der Waals surface area (Å²) < 4.78 is 0. The third kappa shape index (κ3) is 1.98. The average molecular weight is 243 g/mol. The van der Waals surface area contributed by atoms with Gasteiger partial charge in [-0.15, -0.1) is 11.3 Å². The van der Waals surface area contributed by atoms with Crippen LogP contribution in [0.3, 0.4) is 0 Å². The lowest BCUT2D eigenvalue weighted by Crippen LogP contribution is -2.02. The first-order valence-corrected chi connectivity index (χ1v) is 7.02. The van der Waals surface area contributed by atoms with Crippen molar-refractivity contribution in [1.29, 1.82) is 0 Å². The van der Waals surface area contributed by atoms with E-state index >= 15 is 0 Å². The molecular formula is C15H17NS. The number of fused-ring (bicyclic) bond motifs is 1. The Bertz CT molecular complexity index is 542. The molecular weight excluding hydrogens is 226 g/mol. The van der Waals surface area contributed by atoms with Crippen LogP contribution in [0, 0.1) is 6.92 Å². The van der Waals surface area contributed by atoms with E-state index in [0.717, 1.165) is 12.8 Å². The van der Waals surface area contributed by atoms with Crippen molar-refractivity contribution in [2.45, 2.75) is 32.7 Å². The zero-order valence-corrected chi connectivity index (χ0v) is 11.1. The van der Waals surface area contributed by atoms with Gasteiger partial charge in [0.25, 0.3) is 0 Å². The fourth-order valence-corrected chi connectivity index (χ4v) is 3.44. The first kappa shape index (κ1) is 10.8. The number of benzene rings is 1. The summed E-state index contributed by atoms with van der Waals surface area (Å²) in [6.45, 7) is 4.38. The fourth-order valence-electron chi connectivity index (χ4n) is 2.43. The number of aryl methyl sites for hydroxylation is 2. The minimum Gasteiger partial charge on any atom is -0.377 e. The maximum atomic E-state index is 3.63. The second kappa shape index (κ2) is 4.19. The molecule has 1 aliphatic heterocycles. The van der Waals surface area contributed by atoms with Gasteiger partial charge in [-0.05, 0) is 43.5 Å². The van der Waals surface area contributed by atoms with Crippen LogP contribution in [0.15, 0.2) is 30.3 Å². The maximum Gasteiger partial charge on any atom is 0.0647 e. The molecule has 0 saturated heterocycles. The Morgan fingerprint density at radius 1 is 1.29 bits per heavy atom. The van der Waals surface area contributed by atoms with E-state index in [4.69, 9.17) is 0 Å². The first-order chi connectivity index (χ1) is 8.26. The molecule has 1 aliphatic rings. The molecule has 1 N–H and O–H groups in total. The van der Waals surface area contributed by atoms with Crippen LogP contribution in [0.2, 0.25) is 0 Å². The summed E-state index contributed by atoms with van der Waals surface area (Å²) in [6, 6.07) is 11.7. The van der Waals surface area contributed by atoms with Gasteiger partial charge in [0.05, 0.1) is 6.04 Å². The summed E-state index contributed by atoms with van der Waals surface area (Å²) >= 11 is 1.94. The van der Waals surface area contributed by atoms with Crippen molar-refractivity contribution in [3.63, 3.8) is 0 Å². The second-order valence-electron chi connectivity index (χ2n) is 4.72. The summed E-state index contributed by atoms with van der Waals surface area (Å²) in [4.78, 5) is 2.95. The standard InChI is InChI=1S/C15H17NS/c1-3-12-5-7-15(17-12)14-9-11-8-10(2)4-6-13(11)16-14/h4-8,14,16H,3,9H2,1-2H3. The number of hydrogen-bond donors (Lipinski definition) is 1. The second-order valence-corrected chi connectivity index (χ2v) is 5.92. The summed E-state index contributed by atoms with van der Waals surface area (Å²) in [7, 11) is 0. The van der Waals surface area contributed by atoms with Gasteiger partial charge in [-0.3, -0.25) is 0 Å². The number of hydrogen-bond acceptors (Lipinski definition) is 2. The summed E-state index contributed by atoms with van der Waals surface area (Å²) in [5.41, 5.74) is 4.13. The SMILES string of the molecule is CCc1ccc(C2Cc3cc(C)ccc3N2)s1. The third-order valence-electron chi connectivity index (χ3n) is 3.39. The molecule has 0 fully saturated rings. The molecule has 2 heteroatoms. The minimum atomic E-state index is 0.483. The van der Waals surface area contributed by atoms with E-state index in [0.29, 0.717) is 6.04 Å². The van der Waals surface area contributed by atoms with E-state index in [-0.39, 0.29) is 0 Å². The van der Waals surface area contributed by atoms with E-state index < -0.39 is 0 Å². The number of anilines is 1. The van der Waals surface area contributed by atoms with Gasteiger partial charge in [0.2, 0.25) is 0 Å². The van der Waals surface area contributed by atoms with Crippen LogP contribution in [0.4, 0.5) is 5.69 Å². The summed E-state index contributed by atoms with van der Waals surface area (Å²) in [6.07, 6.45) is 2.27. The number of thiophene rings is 1. The predicted molar refractivity (Wildman–Crippen MR) is 74.9 cm³/mol. The van der Waals surface area contributed by atoms with Crippen molar-refractivity contribution in [2.75, 3.05) is 5.32 Å². The number of nitrogens with one attached hydrogen (secondary N) is 1. The zero-order valence-electron chi connectivity index (χ0n) is 10.3. The molecule has 1 atom stereocenters. The van der Waals surface area contributed by atoms with E-state index in [1.807, 2.05) is 11.3 Å². The lowest BCUT2D eigenvalue weighted by atomic mass is 10.1. The first-order valence-electron chi connectivity index (χ1n) is 6.21. The van der Waals surface area contributed by atoms with Crippen LogP contribution < -0.4 is 5.32 Å². The van der Waals surface area contributed by atoms with Crippen molar-refractivity contribution >= 4 is 17.0 Å². The van der Waals surface area contributed by atoms with Crippen LogP contribution in [-0.4, -0.2) is 0 Å². The van der Waals surface area contributed by atoms with Gasteiger partial charge in [0.15, 0.2) is 0 Å². The monoisotopic (exact) mass is 243 g/mol. The Balaban J connectivity index is 1.86. The van der Waals surface area contributed by atoms with Crippen molar-refractivity contribution in [3.05, 3.63) is 51.2 Å². The molecule has 2 heterocycles. The smallest absolute Gasteiger partial charge is 0.0647 e. The van der Waals surface area contributed by atoms with Gasteiger partial charge in [-0.2, -0.15) is 0 Å². The van der Waals surface area contributed by atoms with Crippen molar-refractivity contribution in [1.82, 2.24) is 0 Å². The molecule has 3 rings (SSSR count). The summed E-state index contributed by atoms with van der Waals surface area (Å²) in [5, 5.41) is 3.63. The van der Waals surface area contributed by atoms with E-state index in [1.54, 1.807) is 0 Å². The Hall–Kier alpha value is -1.28. The summed E-state index contributed by atoms with van der Waals surface area (Å²) in [5.74, 6) is 0. The molecule has 0 spiro atoms. The van der Waals surface area contributed by atoms with Crippen LogP contribution in [0.25, 0.3) is 0 Å². The van der Waals surface area contributed by atoms with Crippen molar-refractivity contribution < 1.29 is 0 Å². The predicted octanol–water partition coefficient (Wildman–Crippen LogP) is 4.33. The molecule has 1 aromatic heterocycles. The highest BCUT2D eigenvalue weighted by Gasteiger charge is 2.22. The molecule has 1 nitrogen and oxygen atoms in total. The largest absolute Gasteiger partial charge is 0.377 e. The highest BCUT2D eigenvalue weighted by atomic mass is 32.1. The van der Waals surface area contributed by atoms with E-state index in [9.17, 15) is 0 Å². The number of rotatable bonds is 2. The third-order valence-corrected chi connectivity index (χ3v) is 4.73. The Labute approximate surface area is 106 Å².